The van der Waals surface area contributed by atoms with Crippen LogP contribution in [0.2, 0.25) is 0 Å². The number of nitrogens with one attached hydrogen (secondary N) is 2. The number of hydrogen-bond acceptors (Lipinski definition) is 7. The van der Waals surface area contributed by atoms with Gasteiger partial charge in [-0.3, -0.25) is 0 Å². The fourth-order valence-electron chi connectivity index (χ4n) is 4.34. The van der Waals surface area contributed by atoms with Gasteiger partial charge in [0.25, 0.3) is 0 Å². The number of para-hydroxylation sites is 1. The van der Waals surface area contributed by atoms with Gasteiger partial charge in [-0.1, -0.05) is 18.2 Å². The highest BCUT2D eigenvalue weighted by Crippen LogP contribution is 2.29. The predicted octanol–water partition coefficient (Wildman–Crippen LogP) is 4.23. The first-order chi connectivity index (χ1) is 15.6. The lowest BCUT2D eigenvalue weighted by molar-refractivity contribution is 0.348. The third kappa shape index (κ3) is 5.05. The lowest BCUT2D eigenvalue weighted by atomic mass is 9.91. The molecule has 0 atom stereocenters. The fourth-order valence-corrected chi connectivity index (χ4v) is 4.34. The zero-order chi connectivity index (χ0) is 22.5. The van der Waals surface area contributed by atoms with Crippen LogP contribution in [0.5, 0.6) is 11.5 Å². The van der Waals surface area contributed by atoms with Crippen molar-refractivity contribution in [1.29, 1.82) is 0 Å². The van der Waals surface area contributed by atoms with Crippen molar-refractivity contribution in [2.24, 2.45) is 0 Å². The van der Waals surface area contributed by atoms with Gasteiger partial charge in [0.2, 0.25) is 5.95 Å². The normalized spacial score (nSPS) is 18.4. The molecule has 170 valence electrons. The first-order valence-electron chi connectivity index (χ1n) is 11.2. The fraction of sp³-hybridized carbons (Fsp3) is 0.440. The summed E-state index contributed by atoms with van der Waals surface area (Å²) >= 11 is 0. The van der Waals surface area contributed by atoms with Gasteiger partial charge in [0, 0.05) is 38.1 Å². The van der Waals surface area contributed by atoms with Crippen LogP contribution in [0.25, 0.3) is 10.9 Å². The van der Waals surface area contributed by atoms with Crippen LogP contribution in [0.15, 0.2) is 42.5 Å². The van der Waals surface area contributed by atoms with E-state index in [9.17, 15) is 0 Å². The lowest BCUT2D eigenvalue weighted by Gasteiger charge is -2.30. The molecule has 2 N–H and O–H groups in total. The Morgan fingerprint density at radius 3 is 2.34 bits per heavy atom. The average Bonchev–Trinajstić information content (AvgIpc) is 2.82. The van der Waals surface area contributed by atoms with Crippen LogP contribution in [0, 0.1) is 0 Å². The number of benzene rings is 2. The SMILES string of the molecule is COc1ccc(CNC2CCC(Nc3nc(N(C)C)c4ccccc4n3)CC2)cc1OC. The van der Waals surface area contributed by atoms with Crippen LogP contribution in [0.4, 0.5) is 11.8 Å². The molecule has 7 heteroatoms. The maximum Gasteiger partial charge on any atom is 0.225 e. The summed E-state index contributed by atoms with van der Waals surface area (Å²) in [6.45, 7) is 0.823. The summed E-state index contributed by atoms with van der Waals surface area (Å²) in [5, 5.41) is 8.36. The van der Waals surface area contributed by atoms with E-state index in [-0.39, 0.29) is 0 Å². The van der Waals surface area contributed by atoms with Gasteiger partial charge in [-0.15, -0.1) is 0 Å². The van der Waals surface area contributed by atoms with E-state index in [0.717, 1.165) is 60.4 Å². The first-order valence-corrected chi connectivity index (χ1v) is 11.2. The molecule has 1 heterocycles. The molecular weight excluding hydrogens is 402 g/mol. The van der Waals surface area contributed by atoms with Crippen molar-refractivity contribution in [2.75, 3.05) is 38.5 Å². The summed E-state index contributed by atoms with van der Waals surface area (Å²) in [5.41, 5.74) is 2.17. The standard InChI is InChI=1S/C25H33N5O2/c1-30(2)24-20-7-5-6-8-21(20)28-25(29-24)27-19-12-10-18(11-13-19)26-16-17-9-14-22(31-3)23(15-17)32-4/h5-9,14-15,18-19,26H,10-13,16H2,1-4H3,(H,27,28,29). The van der Waals surface area contributed by atoms with Crippen LogP contribution in [-0.2, 0) is 6.54 Å². The van der Waals surface area contributed by atoms with Gasteiger partial charge in [0.15, 0.2) is 11.5 Å². The largest absolute Gasteiger partial charge is 0.493 e. The molecule has 0 amide bonds. The number of rotatable bonds is 8. The Labute approximate surface area is 190 Å². The Morgan fingerprint density at radius 1 is 0.906 bits per heavy atom. The molecule has 0 bridgehead atoms. The summed E-state index contributed by atoms with van der Waals surface area (Å²) in [4.78, 5) is 11.6. The van der Waals surface area contributed by atoms with E-state index in [1.165, 1.54) is 5.56 Å². The summed E-state index contributed by atoms with van der Waals surface area (Å²) in [6, 6.07) is 15.2. The number of ether oxygens (including phenoxy) is 2. The molecule has 1 saturated carbocycles. The van der Waals surface area contributed by atoms with Crippen molar-refractivity contribution in [3.8, 4) is 11.5 Å². The number of hydrogen-bond donors (Lipinski definition) is 2. The number of methoxy groups -OCH3 is 2. The topological polar surface area (TPSA) is 71.5 Å². The molecule has 0 aliphatic heterocycles. The van der Waals surface area contributed by atoms with E-state index >= 15 is 0 Å². The number of nitrogens with zero attached hydrogens (tertiary/aromatic N) is 3. The van der Waals surface area contributed by atoms with E-state index in [1.807, 2.05) is 49.3 Å². The Hall–Kier alpha value is -3.06. The van der Waals surface area contributed by atoms with E-state index < -0.39 is 0 Å². The summed E-state index contributed by atoms with van der Waals surface area (Å²) < 4.78 is 10.7. The van der Waals surface area contributed by atoms with Gasteiger partial charge in [0.05, 0.1) is 19.7 Å². The van der Waals surface area contributed by atoms with Gasteiger partial charge in [-0.25, -0.2) is 4.98 Å². The third-order valence-electron chi connectivity index (χ3n) is 6.11. The molecule has 7 nitrogen and oxygen atoms in total. The molecule has 0 unspecified atom stereocenters. The minimum absolute atomic E-state index is 0.394. The Kier molecular flexibility index (Phi) is 6.95. The second-order valence-electron chi connectivity index (χ2n) is 8.55. The van der Waals surface area contributed by atoms with Crippen LogP contribution >= 0.6 is 0 Å². The van der Waals surface area contributed by atoms with Crippen molar-refractivity contribution in [3.05, 3.63) is 48.0 Å². The van der Waals surface area contributed by atoms with Crippen molar-refractivity contribution in [1.82, 2.24) is 15.3 Å². The summed E-state index contributed by atoms with van der Waals surface area (Å²) in [6.07, 6.45) is 4.44. The summed E-state index contributed by atoms with van der Waals surface area (Å²) in [7, 11) is 7.37. The highest BCUT2D eigenvalue weighted by Gasteiger charge is 2.22. The second kappa shape index (κ2) is 10.0. The molecule has 2 aromatic carbocycles. The maximum atomic E-state index is 5.41. The minimum atomic E-state index is 0.394. The van der Waals surface area contributed by atoms with E-state index in [1.54, 1.807) is 14.2 Å². The van der Waals surface area contributed by atoms with Crippen LogP contribution in [-0.4, -0.2) is 50.4 Å². The van der Waals surface area contributed by atoms with Crippen LogP contribution in [0.1, 0.15) is 31.2 Å². The monoisotopic (exact) mass is 435 g/mol. The van der Waals surface area contributed by atoms with Crippen LogP contribution < -0.4 is 25.0 Å². The molecule has 0 spiro atoms. The molecule has 0 saturated heterocycles. The Morgan fingerprint density at radius 2 is 1.62 bits per heavy atom. The number of aromatic nitrogens is 2. The first kappa shape index (κ1) is 22.1. The van der Waals surface area contributed by atoms with E-state index in [2.05, 4.69) is 22.8 Å². The third-order valence-corrected chi connectivity index (χ3v) is 6.11. The molecule has 1 aromatic heterocycles. The minimum Gasteiger partial charge on any atom is -0.493 e. The molecule has 1 aliphatic rings. The molecular formula is C25H33N5O2. The van der Waals surface area contributed by atoms with Crippen molar-refractivity contribution in [3.63, 3.8) is 0 Å². The van der Waals surface area contributed by atoms with Gasteiger partial charge in [-0.2, -0.15) is 4.98 Å². The molecule has 1 fully saturated rings. The van der Waals surface area contributed by atoms with E-state index in [4.69, 9.17) is 19.4 Å². The molecule has 1 aliphatic carbocycles. The van der Waals surface area contributed by atoms with Gasteiger partial charge in [-0.05, 0) is 55.5 Å². The van der Waals surface area contributed by atoms with Crippen molar-refractivity contribution < 1.29 is 9.47 Å². The summed E-state index contributed by atoms with van der Waals surface area (Å²) in [5.74, 6) is 3.20. The van der Waals surface area contributed by atoms with Crippen LogP contribution in [0.3, 0.4) is 0 Å². The molecule has 3 aromatic rings. The molecule has 32 heavy (non-hydrogen) atoms. The highest BCUT2D eigenvalue weighted by molar-refractivity contribution is 5.90. The van der Waals surface area contributed by atoms with Gasteiger partial charge < -0.3 is 25.0 Å². The molecule has 4 rings (SSSR count). The van der Waals surface area contributed by atoms with E-state index in [0.29, 0.717) is 18.0 Å². The smallest absolute Gasteiger partial charge is 0.225 e. The predicted molar refractivity (Wildman–Crippen MR) is 130 cm³/mol. The van der Waals surface area contributed by atoms with Crippen molar-refractivity contribution in [2.45, 2.75) is 44.3 Å². The maximum absolute atomic E-state index is 5.41. The second-order valence-corrected chi connectivity index (χ2v) is 8.55. The van der Waals surface area contributed by atoms with Crippen molar-refractivity contribution >= 4 is 22.7 Å². The lowest BCUT2D eigenvalue weighted by Crippen LogP contribution is -2.37. The zero-order valence-corrected chi connectivity index (χ0v) is 19.4. The Bertz CT molecular complexity index is 1050. The van der Waals surface area contributed by atoms with Gasteiger partial charge >= 0.3 is 0 Å². The van der Waals surface area contributed by atoms with Gasteiger partial charge in [0.1, 0.15) is 5.82 Å². The number of anilines is 2. The zero-order valence-electron chi connectivity index (χ0n) is 19.4. The molecule has 0 radical (unpaired) electrons. The average molecular weight is 436 g/mol. The highest BCUT2D eigenvalue weighted by atomic mass is 16.5. The number of fused-ring (bicyclic) bond motifs is 1. The Balaban J connectivity index is 1.33. The quantitative estimate of drug-likeness (QED) is 0.549.